The second-order valence-electron chi connectivity index (χ2n) is 10.9. The van der Waals surface area contributed by atoms with Gasteiger partial charge in [0.15, 0.2) is 5.16 Å². The second kappa shape index (κ2) is 20.2. The molecule has 2 aromatic rings. The van der Waals surface area contributed by atoms with E-state index in [4.69, 9.17) is 14.2 Å². The Hall–Kier alpha value is -2.81. The van der Waals surface area contributed by atoms with Crippen molar-refractivity contribution >= 4 is 24.0 Å². The van der Waals surface area contributed by atoms with E-state index in [2.05, 4.69) is 23.8 Å². The first-order chi connectivity index (χ1) is 20.6. The Labute approximate surface area is 256 Å². The molecule has 2 heterocycles. The molecule has 0 radical (unpaired) electrons. The maximum absolute atomic E-state index is 12.4. The Morgan fingerprint density at radius 2 is 1.40 bits per heavy atom. The van der Waals surface area contributed by atoms with Gasteiger partial charge >= 0.3 is 12.2 Å². The molecule has 1 saturated heterocycles. The molecular weight excluding hydrogens is 550 g/mol. The molecule has 1 aromatic heterocycles. The van der Waals surface area contributed by atoms with E-state index in [1.54, 1.807) is 28.8 Å². The number of benzene rings is 1. The van der Waals surface area contributed by atoms with Crippen LogP contribution in [0.5, 0.6) is 5.75 Å². The summed E-state index contributed by atoms with van der Waals surface area (Å²) in [4.78, 5) is 35.3. The first-order valence-corrected chi connectivity index (χ1v) is 16.9. The lowest BCUT2D eigenvalue weighted by molar-refractivity contribution is 0.0217. The summed E-state index contributed by atoms with van der Waals surface area (Å²) in [5.41, 5.74) is 1.85. The van der Waals surface area contributed by atoms with Crippen LogP contribution in [0.2, 0.25) is 0 Å². The fourth-order valence-electron chi connectivity index (χ4n) is 4.85. The molecule has 1 amide bonds. The van der Waals surface area contributed by atoms with Crippen molar-refractivity contribution in [3.63, 3.8) is 0 Å². The molecule has 3 rings (SSSR count). The first-order valence-electron chi connectivity index (χ1n) is 15.9. The number of rotatable bonds is 18. The van der Waals surface area contributed by atoms with Crippen molar-refractivity contribution in [1.29, 1.82) is 0 Å². The van der Waals surface area contributed by atoms with Crippen molar-refractivity contribution in [1.82, 2.24) is 14.9 Å². The summed E-state index contributed by atoms with van der Waals surface area (Å²) >= 11 is 1.70. The van der Waals surface area contributed by atoms with Crippen LogP contribution in [0, 0.1) is 0 Å². The van der Waals surface area contributed by atoms with Crippen LogP contribution in [-0.2, 0) is 9.47 Å². The minimum absolute atomic E-state index is 0.281. The monoisotopic (exact) mass is 599 g/mol. The third-order valence-electron chi connectivity index (χ3n) is 7.43. The first kappa shape index (κ1) is 33.7. The summed E-state index contributed by atoms with van der Waals surface area (Å²) in [7, 11) is 0. The molecule has 1 aliphatic rings. The van der Waals surface area contributed by atoms with Crippen LogP contribution in [0.4, 0.5) is 9.59 Å². The maximum atomic E-state index is 12.4. The quantitative estimate of drug-likeness (QED) is 0.0551. The molecule has 0 N–H and O–H groups in total. The van der Waals surface area contributed by atoms with E-state index in [1.165, 1.54) is 64.2 Å². The van der Waals surface area contributed by atoms with Crippen molar-refractivity contribution in [3.8, 4) is 16.9 Å². The number of unbranched alkanes of at least 4 members (excludes halogenated alkanes) is 10. The van der Waals surface area contributed by atoms with Crippen LogP contribution in [0.15, 0.2) is 41.8 Å². The number of hydrogen-bond acceptors (Lipinski definition) is 8. The Kier molecular flexibility index (Phi) is 16.2. The van der Waals surface area contributed by atoms with Gasteiger partial charge in [0.05, 0.1) is 6.61 Å². The highest BCUT2D eigenvalue weighted by molar-refractivity contribution is 7.99. The molecule has 0 aliphatic carbocycles. The van der Waals surface area contributed by atoms with E-state index in [-0.39, 0.29) is 12.2 Å². The summed E-state index contributed by atoms with van der Waals surface area (Å²) in [6.45, 7) is 5.90. The van der Waals surface area contributed by atoms with Gasteiger partial charge in [0.1, 0.15) is 11.9 Å². The molecular formula is C33H49N3O5S. The van der Waals surface area contributed by atoms with Crippen LogP contribution in [0.1, 0.15) is 104 Å². The predicted octanol–water partition coefficient (Wildman–Crippen LogP) is 9.07. The Morgan fingerprint density at radius 3 is 2.05 bits per heavy atom. The zero-order chi connectivity index (χ0) is 29.8. The number of nitrogens with zero attached hydrogens (tertiary/aromatic N) is 3. The molecule has 1 fully saturated rings. The molecule has 42 heavy (non-hydrogen) atoms. The van der Waals surface area contributed by atoms with Crippen LogP contribution in [0.3, 0.4) is 0 Å². The Balaban J connectivity index is 1.30. The second-order valence-corrected chi connectivity index (χ2v) is 12.0. The summed E-state index contributed by atoms with van der Waals surface area (Å²) in [5, 5.41) is 0.797. The van der Waals surface area contributed by atoms with Crippen molar-refractivity contribution < 1.29 is 23.8 Å². The Bertz CT molecular complexity index is 1030. The van der Waals surface area contributed by atoms with Gasteiger partial charge in [-0.3, -0.25) is 0 Å². The summed E-state index contributed by atoms with van der Waals surface area (Å²) in [6, 6.07) is 7.22. The number of likely N-dealkylation sites (tertiary alicyclic amines) is 1. The predicted molar refractivity (Wildman–Crippen MR) is 168 cm³/mol. The minimum atomic E-state index is -0.734. The van der Waals surface area contributed by atoms with E-state index in [0.717, 1.165) is 34.9 Å². The molecule has 0 atom stereocenters. The largest absolute Gasteiger partial charge is 0.514 e. The standard InChI is InChI=1S/C33H49N3O5S/c1-3-5-7-9-11-13-23-39-32(37)36-21-19-30(20-22-36)41-33(38)40-29-17-15-27(16-18-29)28-25-34-31(35-26-28)42-24-14-12-10-8-6-4-2/h15-18,25-26,30H,3-14,19-24H2,1-2H3. The van der Waals surface area contributed by atoms with Gasteiger partial charge in [-0.2, -0.15) is 0 Å². The topological polar surface area (TPSA) is 90.8 Å². The molecule has 232 valence electrons. The fraction of sp³-hybridized carbons (Fsp3) is 0.636. The van der Waals surface area contributed by atoms with Gasteiger partial charge in [0.25, 0.3) is 0 Å². The van der Waals surface area contributed by atoms with Gasteiger partial charge in [-0.05, 0) is 30.5 Å². The van der Waals surface area contributed by atoms with Gasteiger partial charge in [-0.15, -0.1) is 0 Å². The molecule has 0 bridgehead atoms. The smallest absolute Gasteiger partial charge is 0.449 e. The lowest BCUT2D eigenvalue weighted by Crippen LogP contribution is -2.42. The maximum Gasteiger partial charge on any atom is 0.514 e. The number of thioether (sulfide) groups is 1. The molecule has 1 aromatic carbocycles. The van der Waals surface area contributed by atoms with Crippen LogP contribution in [0.25, 0.3) is 11.1 Å². The zero-order valence-electron chi connectivity index (χ0n) is 25.6. The third kappa shape index (κ3) is 13.0. The molecule has 1 aliphatic heterocycles. The molecule has 0 saturated carbocycles. The highest BCUT2D eigenvalue weighted by Gasteiger charge is 2.26. The number of piperidine rings is 1. The lowest BCUT2D eigenvalue weighted by atomic mass is 10.1. The number of carbonyl (C=O) groups excluding carboxylic acids is 2. The highest BCUT2D eigenvalue weighted by Crippen LogP contribution is 2.24. The van der Waals surface area contributed by atoms with E-state index in [1.807, 2.05) is 24.5 Å². The number of aromatic nitrogens is 2. The summed E-state index contributed by atoms with van der Waals surface area (Å²) in [6.07, 6.45) is 18.1. The fourth-order valence-corrected chi connectivity index (χ4v) is 5.63. The lowest BCUT2D eigenvalue weighted by Gasteiger charge is -2.30. The van der Waals surface area contributed by atoms with Gasteiger partial charge < -0.3 is 19.1 Å². The number of ether oxygens (including phenoxy) is 3. The molecule has 0 spiro atoms. The van der Waals surface area contributed by atoms with Gasteiger partial charge in [-0.1, -0.05) is 102 Å². The molecule has 0 unspecified atom stereocenters. The average molecular weight is 600 g/mol. The molecule has 9 heteroatoms. The highest BCUT2D eigenvalue weighted by atomic mass is 32.2. The van der Waals surface area contributed by atoms with Gasteiger partial charge in [-0.25, -0.2) is 19.6 Å². The third-order valence-corrected chi connectivity index (χ3v) is 8.39. The van der Waals surface area contributed by atoms with Gasteiger partial charge in [0.2, 0.25) is 0 Å². The number of carbonyl (C=O) groups is 2. The van der Waals surface area contributed by atoms with E-state index in [0.29, 0.717) is 38.3 Å². The van der Waals surface area contributed by atoms with Crippen molar-refractivity contribution in [2.75, 3.05) is 25.4 Å². The zero-order valence-corrected chi connectivity index (χ0v) is 26.4. The van der Waals surface area contributed by atoms with Crippen LogP contribution < -0.4 is 4.74 Å². The average Bonchev–Trinajstić information content (AvgIpc) is 3.01. The van der Waals surface area contributed by atoms with Crippen LogP contribution >= 0.6 is 11.8 Å². The number of amides is 1. The van der Waals surface area contributed by atoms with Crippen molar-refractivity contribution in [2.24, 2.45) is 0 Å². The minimum Gasteiger partial charge on any atom is -0.449 e. The SMILES string of the molecule is CCCCCCCCOC(=O)N1CCC(OC(=O)Oc2ccc(-c3cnc(SCCCCCCCC)nc3)cc2)CC1. The van der Waals surface area contributed by atoms with E-state index in [9.17, 15) is 9.59 Å². The Morgan fingerprint density at radius 1 is 0.810 bits per heavy atom. The number of hydrogen-bond donors (Lipinski definition) is 0. The molecule has 8 nitrogen and oxygen atoms in total. The van der Waals surface area contributed by atoms with Crippen molar-refractivity contribution in [3.05, 3.63) is 36.7 Å². The van der Waals surface area contributed by atoms with E-state index < -0.39 is 6.16 Å². The van der Waals surface area contributed by atoms with E-state index >= 15 is 0 Å². The summed E-state index contributed by atoms with van der Waals surface area (Å²) < 4.78 is 16.3. The summed E-state index contributed by atoms with van der Waals surface area (Å²) in [5.74, 6) is 1.45. The normalized spacial score (nSPS) is 13.6. The van der Waals surface area contributed by atoms with Crippen LogP contribution in [-0.4, -0.2) is 58.7 Å². The van der Waals surface area contributed by atoms with Crippen molar-refractivity contribution in [2.45, 2.75) is 115 Å². The van der Waals surface area contributed by atoms with Gasteiger partial charge in [0, 0.05) is 49.6 Å².